The molecule has 27 heavy (non-hydrogen) atoms. The first-order chi connectivity index (χ1) is 13.0. The van der Waals surface area contributed by atoms with Crippen LogP contribution in [0.2, 0.25) is 0 Å². The van der Waals surface area contributed by atoms with E-state index in [-0.39, 0.29) is 30.7 Å². The van der Waals surface area contributed by atoms with Crippen LogP contribution in [0.4, 0.5) is 0 Å². The summed E-state index contributed by atoms with van der Waals surface area (Å²) in [7, 11) is -3.19. The number of fused-ring (bicyclic) bond motifs is 1. The molecular weight excluding hydrogens is 364 g/mol. The summed E-state index contributed by atoms with van der Waals surface area (Å²) >= 11 is 0. The van der Waals surface area contributed by atoms with Crippen molar-refractivity contribution in [3.05, 3.63) is 36.0 Å². The molecule has 3 heterocycles. The number of hydrogen-bond donors (Lipinski definition) is 1. The molecule has 1 spiro atoms. The Labute approximate surface area is 158 Å². The third kappa shape index (κ3) is 2.79. The van der Waals surface area contributed by atoms with Crippen molar-refractivity contribution in [2.45, 2.75) is 24.0 Å². The highest BCUT2D eigenvalue weighted by atomic mass is 32.2. The number of nitrogens with zero attached hydrogens (tertiary/aromatic N) is 1. The van der Waals surface area contributed by atoms with Gasteiger partial charge in [0, 0.05) is 36.5 Å². The van der Waals surface area contributed by atoms with Crippen molar-refractivity contribution >= 4 is 26.6 Å². The van der Waals surface area contributed by atoms with Crippen LogP contribution in [0.5, 0.6) is 0 Å². The summed E-state index contributed by atoms with van der Waals surface area (Å²) < 4.78 is 30.5. The van der Waals surface area contributed by atoms with Gasteiger partial charge >= 0.3 is 0 Å². The molecule has 3 fully saturated rings. The van der Waals surface area contributed by atoms with E-state index >= 15 is 0 Å². The number of ether oxygens (including phenoxy) is 1. The zero-order chi connectivity index (χ0) is 18.6. The average Bonchev–Trinajstić information content (AvgIpc) is 3.25. The fourth-order valence-electron chi connectivity index (χ4n) is 4.47. The normalized spacial score (nSPS) is 25.8. The Hall–Kier alpha value is -1.86. The Morgan fingerprint density at radius 1 is 1.19 bits per heavy atom. The van der Waals surface area contributed by atoms with Gasteiger partial charge in [-0.3, -0.25) is 4.79 Å². The number of carbonyl (C=O) groups is 1. The molecule has 1 aromatic carbocycles. The molecule has 3 aliphatic rings. The van der Waals surface area contributed by atoms with E-state index in [2.05, 4.69) is 4.98 Å². The zero-order valence-electron chi connectivity index (χ0n) is 15.2. The maximum Gasteiger partial charge on any atom is 0.270 e. The summed E-state index contributed by atoms with van der Waals surface area (Å²) in [5.41, 5.74) is 1.43. The fourth-order valence-corrected chi connectivity index (χ4v) is 6.87. The lowest BCUT2D eigenvalue weighted by atomic mass is 9.83. The van der Waals surface area contributed by atoms with Crippen LogP contribution in [0.1, 0.15) is 29.8 Å². The van der Waals surface area contributed by atoms with Crippen molar-refractivity contribution in [3.8, 4) is 0 Å². The lowest BCUT2D eigenvalue weighted by molar-refractivity contribution is 0.0225. The third-order valence-electron chi connectivity index (χ3n) is 6.43. The fraction of sp³-hybridized carbons (Fsp3) is 0.550. The minimum Gasteiger partial charge on any atom is -0.381 e. The highest BCUT2D eigenvalue weighted by Gasteiger charge is 2.62. The number of likely N-dealkylation sites (tertiary alicyclic amines) is 1. The van der Waals surface area contributed by atoms with Gasteiger partial charge in [0.05, 0.1) is 12.4 Å². The SMILES string of the molecule is O=C(c1cc2ccccc2[nH]1)N1CC2(C1)[C@H](COCC1CC1)CCS2(=O)=O. The minimum absolute atomic E-state index is 0.00647. The van der Waals surface area contributed by atoms with Crippen molar-refractivity contribution in [1.82, 2.24) is 9.88 Å². The number of amides is 1. The quantitative estimate of drug-likeness (QED) is 0.852. The molecule has 2 aromatic rings. The van der Waals surface area contributed by atoms with Gasteiger partial charge in [-0.2, -0.15) is 0 Å². The Morgan fingerprint density at radius 3 is 2.70 bits per heavy atom. The molecule has 1 saturated carbocycles. The summed E-state index contributed by atoms with van der Waals surface area (Å²) in [5.74, 6) is 0.740. The number of nitrogens with one attached hydrogen (secondary N) is 1. The van der Waals surface area contributed by atoms with Gasteiger partial charge in [-0.15, -0.1) is 0 Å². The van der Waals surface area contributed by atoms with Crippen molar-refractivity contribution < 1.29 is 17.9 Å². The number of benzene rings is 1. The zero-order valence-corrected chi connectivity index (χ0v) is 16.0. The molecule has 7 heteroatoms. The predicted molar refractivity (Wildman–Crippen MR) is 102 cm³/mol. The minimum atomic E-state index is -3.19. The second-order valence-electron chi connectivity index (χ2n) is 8.28. The number of para-hydroxylation sites is 1. The van der Waals surface area contributed by atoms with Gasteiger partial charge in [0.1, 0.15) is 10.4 Å². The molecule has 1 aromatic heterocycles. The molecule has 0 radical (unpaired) electrons. The first-order valence-corrected chi connectivity index (χ1v) is 11.3. The van der Waals surface area contributed by atoms with E-state index in [1.54, 1.807) is 4.90 Å². The number of hydrogen-bond acceptors (Lipinski definition) is 4. The lowest BCUT2D eigenvalue weighted by Gasteiger charge is -2.49. The molecule has 2 aliphatic heterocycles. The topological polar surface area (TPSA) is 79.5 Å². The Bertz CT molecular complexity index is 953. The van der Waals surface area contributed by atoms with Crippen LogP contribution in [0.3, 0.4) is 0 Å². The Morgan fingerprint density at radius 2 is 1.96 bits per heavy atom. The largest absolute Gasteiger partial charge is 0.381 e. The van der Waals surface area contributed by atoms with Gasteiger partial charge in [-0.05, 0) is 37.3 Å². The second-order valence-corrected chi connectivity index (χ2v) is 10.7. The van der Waals surface area contributed by atoms with Crippen LogP contribution in [-0.2, 0) is 14.6 Å². The number of carbonyl (C=O) groups excluding carboxylic acids is 1. The van der Waals surface area contributed by atoms with Crippen LogP contribution >= 0.6 is 0 Å². The first kappa shape index (κ1) is 17.3. The monoisotopic (exact) mass is 388 g/mol. The van der Waals surface area contributed by atoms with Crippen molar-refractivity contribution in [1.29, 1.82) is 0 Å². The molecule has 6 nitrogen and oxygen atoms in total. The van der Waals surface area contributed by atoms with Crippen LogP contribution in [-0.4, -0.2) is 61.0 Å². The summed E-state index contributed by atoms with van der Waals surface area (Å²) in [6.45, 7) is 1.79. The van der Waals surface area contributed by atoms with Gasteiger partial charge in [-0.25, -0.2) is 8.42 Å². The summed E-state index contributed by atoms with van der Waals surface area (Å²) in [4.78, 5) is 17.6. The molecule has 1 atom stereocenters. The molecular formula is C20H24N2O4S. The van der Waals surface area contributed by atoms with Gasteiger partial charge in [0.25, 0.3) is 5.91 Å². The molecule has 1 amide bonds. The van der Waals surface area contributed by atoms with Crippen LogP contribution in [0, 0.1) is 11.8 Å². The van der Waals surface area contributed by atoms with E-state index < -0.39 is 14.6 Å². The summed E-state index contributed by atoms with van der Waals surface area (Å²) in [5, 5.41) is 0.982. The number of H-pyrrole nitrogens is 1. The van der Waals surface area contributed by atoms with Crippen molar-refractivity contribution in [3.63, 3.8) is 0 Å². The number of rotatable bonds is 5. The van der Waals surface area contributed by atoms with Crippen LogP contribution in [0.15, 0.2) is 30.3 Å². The van der Waals surface area contributed by atoms with Crippen molar-refractivity contribution in [2.24, 2.45) is 11.8 Å². The van der Waals surface area contributed by atoms with E-state index in [9.17, 15) is 13.2 Å². The van der Waals surface area contributed by atoms with Gasteiger partial charge < -0.3 is 14.6 Å². The van der Waals surface area contributed by atoms with Crippen LogP contribution < -0.4 is 0 Å². The first-order valence-electron chi connectivity index (χ1n) is 9.66. The molecule has 2 saturated heterocycles. The van der Waals surface area contributed by atoms with E-state index in [4.69, 9.17) is 4.74 Å². The van der Waals surface area contributed by atoms with Gasteiger partial charge in [0.15, 0.2) is 9.84 Å². The Balaban J connectivity index is 1.30. The van der Waals surface area contributed by atoms with Gasteiger partial charge in [0.2, 0.25) is 0 Å². The maximum atomic E-state index is 12.8. The average molecular weight is 388 g/mol. The van der Waals surface area contributed by atoms with Crippen LogP contribution in [0.25, 0.3) is 10.9 Å². The highest BCUT2D eigenvalue weighted by Crippen LogP contribution is 2.45. The number of aromatic amines is 1. The Kier molecular flexibility index (Phi) is 3.88. The van der Waals surface area contributed by atoms with Gasteiger partial charge in [-0.1, -0.05) is 18.2 Å². The van der Waals surface area contributed by atoms with E-state index in [1.807, 2.05) is 30.3 Å². The molecule has 5 rings (SSSR count). The molecule has 0 unspecified atom stereocenters. The molecule has 1 N–H and O–H groups in total. The molecule has 0 bridgehead atoms. The predicted octanol–water partition coefficient (Wildman–Crippen LogP) is 2.22. The smallest absolute Gasteiger partial charge is 0.270 e. The second kappa shape index (κ2) is 6.07. The van der Waals surface area contributed by atoms with E-state index in [0.29, 0.717) is 24.6 Å². The summed E-state index contributed by atoms with van der Waals surface area (Å²) in [6.07, 6.45) is 3.09. The number of aromatic nitrogens is 1. The summed E-state index contributed by atoms with van der Waals surface area (Å²) in [6, 6.07) is 9.57. The van der Waals surface area contributed by atoms with Crippen molar-refractivity contribution in [2.75, 3.05) is 32.1 Å². The van der Waals surface area contributed by atoms with E-state index in [1.165, 1.54) is 12.8 Å². The highest BCUT2D eigenvalue weighted by molar-refractivity contribution is 7.93. The third-order valence-corrected chi connectivity index (χ3v) is 9.04. The number of sulfone groups is 1. The molecule has 144 valence electrons. The lowest BCUT2D eigenvalue weighted by Crippen LogP contribution is -2.68. The van der Waals surface area contributed by atoms with E-state index in [0.717, 1.165) is 17.5 Å². The standard InChI is InChI=1S/C20H24N2O4S/c23-19(18-9-15-3-1-2-4-17(15)21-18)22-12-20(13-22)16(7-8-27(20,24)25)11-26-10-14-5-6-14/h1-4,9,14,16,21H,5-8,10-13H2/t16-/m0/s1. The maximum absolute atomic E-state index is 12.8. The molecule has 1 aliphatic carbocycles.